The van der Waals surface area contributed by atoms with E-state index in [2.05, 4.69) is 82.5 Å². The Hall–Kier alpha value is -0.597. The molecule has 0 amide bonds. The molecule has 0 fully saturated rings. The molecule has 1 aliphatic heterocycles. The van der Waals surface area contributed by atoms with Crippen LogP contribution in [0.5, 0.6) is 0 Å². The van der Waals surface area contributed by atoms with Crippen LogP contribution in [0.3, 0.4) is 0 Å². The first kappa shape index (κ1) is 23.4. The van der Waals surface area contributed by atoms with Gasteiger partial charge in [0.05, 0.1) is 0 Å². The van der Waals surface area contributed by atoms with Gasteiger partial charge in [-0.05, 0) is 18.0 Å². The molecule has 1 unspecified atom stereocenters. The van der Waals surface area contributed by atoms with Gasteiger partial charge in [0.25, 0.3) is 0 Å². The maximum atomic E-state index is 3.53. The smallest absolute Gasteiger partial charge is 1.00 e. The van der Waals surface area contributed by atoms with E-state index in [1.165, 1.54) is 27.3 Å². The number of hydrogen-bond acceptors (Lipinski definition) is 1. The fraction of sp³-hybridized carbons (Fsp3) is 0.143. The zero-order valence-corrected chi connectivity index (χ0v) is 19.7. The molecule has 1 atom stereocenters. The number of nitrogens with zero attached hydrogens (tertiary/aromatic N) is 1. The summed E-state index contributed by atoms with van der Waals surface area (Å²) in [4.78, 5) is 2.33. The third-order valence-corrected chi connectivity index (χ3v) is 4.88. The summed E-state index contributed by atoms with van der Waals surface area (Å²) in [5.74, 6) is 0. The molecule has 1 nitrogen and oxygen atoms in total. The summed E-state index contributed by atoms with van der Waals surface area (Å²) >= 11 is 3.53. The zero-order chi connectivity index (χ0) is 15.8. The summed E-state index contributed by atoms with van der Waals surface area (Å²) in [6, 6.07) is 16.6. The van der Waals surface area contributed by atoms with Crippen molar-refractivity contribution in [3.8, 4) is 0 Å². The predicted molar refractivity (Wildman–Crippen MR) is 99.4 cm³/mol. The van der Waals surface area contributed by atoms with E-state index >= 15 is 0 Å². The van der Waals surface area contributed by atoms with E-state index in [1.807, 2.05) is 18.2 Å². The second-order valence-corrected chi connectivity index (χ2v) is 6.72. The molecule has 130 valence electrons. The molecular weight excluding hydrogens is 508 g/mol. The van der Waals surface area contributed by atoms with Crippen molar-refractivity contribution >= 4 is 33.3 Å². The first-order valence-corrected chi connectivity index (χ1v) is 8.52. The molecule has 1 heterocycles. The monoisotopic (exact) mass is 521 g/mol. The molecule has 3 aliphatic rings. The Kier molecular flexibility index (Phi) is 9.09. The van der Waals surface area contributed by atoms with Crippen LogP contribution in [0.4, 0.5) is 5.69 Å². The van der Waals surface area contributed by atoms with Gasteiger partial charge in [-0.3, -0.25) is 6.08 Å². The second kappa shape index (κ2) is 10.1. The zero-order valence-electron chi connectivity index (χ0n) is 14.1. The third-order valence-electron chi connectivity index (χ3n) is 4.42. The summed E-state index contributed by atoms with van der Waals surface area (Å²) < 4.78 is 1.09. The molecule has 2 aromatic carbocycles. The first-order valence-electron chi connectivity index (χ1n) is 7.73. The maximum Gasteiger partial charge on any atom is 4.00 e. The average molecular weight is 524 g/mol. The Morgan fingerprint density at radius 2 is 1.96 bits per heavy atom. The van der Waals surface area contributed by atoms with Crippen LogP contribution in [-0.2, 0) is 26.2 Å². The number of halogens is 3. The average Bonchev–Trinajstić information content (AvgIpc) is 3.28. The van der Waals surface area contributed by atoms with Crippen molar-refractivity contribution in [2.45, 2.75) is 12.5 Å². The number of rotatable bonds is 0. The third kappa shape index (κ3) is 4.28. The topological polar surface area (TPSA) is 3.24 Å². The van der Waals surface area contributed by atoms with Crippen LogP contribution in [0.25, 0.3) is 11.6 Å². The molecule has 0 N–H and O–H groups in total. The van der Waals surface area contributed by atoms with Gasteiger partial charge in [-0.25, -0.2) is 12.2 Å². The molecule has 0 aromatic heterocycles. The van der Waals surface area contributed by atoms with Gasteiger partial charge in [0.15, 0.2) is 0 Å². The summed E-state index contributed by atoms with van der Waals surface area (Å²) in [7, 11) is 2.15. The normalized spacial score (nSPS) is 16.8. The van der Waals surface area contributed by atoms with Crippen molar-refractivity contribution in [3.63, 3.8) is 0 Å². The van der Waals surface area contributed by atoms with Crippen LogP contribution in [0.1, 0.15) is 12.0 Å². The summed E-state index contributed by atoms with van der Waals surface area (Å²) in [5.41, 5.74) is 3.90. The molecule has 5 rings (SSSR count). The van der Waals surface area contributed by atoms with Crippen molar-refractivity contribution in [1.29, 1.82) is 0 Å². The van der Waals surface area contributed by atoms with Crippen molar-refractivity contribution in [3.05, 3.63) is 87.2 Å². The fourth-order valence-electron chi connectivity index (χ4n) is 3.33. The molecular formula is C21H16BrCl2NZr. The number of fused-ring (bicyclic) bond motifs is 4. The summed E-state index contributed by atoms with van der Waals surface area (Å²) in [6.45, 7) is 0. The van der Waals surface area contributed by atoms with Crippen LogP contribution in [0, 0.1) is 12.1 Å². The SMILES string of the molecule is CN1c2cc(Br)c[c-]c2C2=c3ccccc3=CC21.[C-]1=CC=CC1.[Cl-].[Cl-].[Zr+4]. The van der Waals surface area contributed by atoms with Crippen LogP contribution in [0.2, 0.25) is 0 Å². The van der Waals surface area contributed by atoms with Crippen molar-refractivity contribution in [2.75, 3.05) is 11.9 Å². The number of hydrogen-bond donors (Lipinski definition) is 0. The summed E-state index contributed by atoms with van der Waals surface area (Å²) in [6.07, 6.45) is 12.3. The van der Waals surface area contributed by atoms with Crippen molar-refractivity contribution < 1.29 is 51.0 Å². The van der Waals surface area contributed by atoms with E-state index in [0.29, 0.717) is 6.04 Å². The van der Waals surface area contributed by atoms with Gasteiger partial charge in [-0.2, -0.15) is 6.08 Å². The molecule has 0 saturated carbocycles. The van der Waals surface area contributed by atoms with E-state index in [4.69, 9.17) is 0 Å². The minimum Gasteiger partial charge on any atom is -1.00 e. The molecule has 0 spiro atoms. The van der Waals surface area contributed by atoms with E-state index in [1.54, 1.807) is 0 Å². The number of allylic oxidation sites excluding steroid dienone is 4. The molecule has 2 aliphatic carbocycles. The quantitative estimate of drug-likeness (QED) is 0.342. The van der Waals surface area contributed by atoms with Gasteiger partial charge in [-0.15, -0.1) is 46.1 Å². The van der Waals surface area contributed by atoms with Crippen LogP contribution >= 0.6 is 15.9 Å². The Labute approximate surface area is 194 Å². The van der Waals surface area contributed by atoms with E-state index in [-0.39, 0.29) is 51.0 Å². The number of anilines is 1. The molecule has 2 aromatic rings. The van der Waals surface area contributed by atoms with E-state index < -0.39 is 0 Å². The Bertz CT molecular complexity index is 943. The van der Waals surface area contributed by atoms with Gasteiger partial charge in [0, 0.05) is 6.04 Å². The predicted octanol–water partition coefficient (Wildman–Crippen LogP) is -2.63. The fourth-order valence-corrected chi connectivity index (χ4v) is 3.66. The van der Waals surface area contributed by atoms with E-state index in [0.717, 1.165) is 10.9 Å². The Balaban J connectivity index is 0.000000372. The molecule has 0 radical (unpaired) electrons. The van der Waals surface area contributed by atoms with Gasteiger partial charge in [-0.1, -0.05) is 45.6 Å². The Morgan fingerprint density at radius 1 is 1.19 bits per heavy atom. The van der Waals surface area contributed by atoms with E-state index in [9.17, 15) is 0 Å². The van der Waals surface area contributed by atoms with Crippen molar-refractivity contribution in [2.24, 2.45) is 0 Å². The van der Waals surface area contributed by atoms with Crippen LogP contribution in [-0.4, -0.2) is 13.1 Å². The van der Waals surface area contributed by atoms with Gasteiger partial charge >= 0.3 is 26.2 Å². The Morgan fingerprint density at radius 3 is 2.62 bits per heavy atom. The minimum absolute atomic E-state index is 0. The largest absolute Gasteiger partial charge is 4.00 e. The van der Waals surface area contributed by atoms with Crippen molar-refractivity contribution in [1.82, 2.24) is 0 Å². The minimum atomic E-state index is 0. The molecule has 0 bridgehead atoms. The van der Waals surface area contributed by atoms with Gasteiger partial charge < -0.3 is 29.7 Å². The summed E-state index contributed by atoms with van der Waals surface area (Å²) in [5, 5.41) is 2.69. The molecule has 5 heteroatoms. The van der Waals surface area contributed by atoms with Crippen LogP contribution in [0.15, 0.2) is 59.1 Å². The number of benzene rings is 2. The van der Waals surface area contributed by atoms with Gasteiger partial charge in [0.1, 0.15) is 0 Å². The second-order valence-electron chi connectivity index (χ2n) is 5.80. The maximum absolute atomic E-state index is 3.53. The van der Waals surface area contributed by atoms with Gasteiger partial charge in [0.2, 0.25) is 0 Å². The number of likely N-dealkylation sites (N-methyl/N-ethyl adjacent to an activating group) is 1. The first-order chi connectivity index (χ1) is 11.3. The molecule has 0 saturated heterocycles. The molecule has 26 heavy (non-hydrogen) atoms. The standard InChI is InChI=1S/C16H11BrN.C5H5.2ClH.Zr/c1-18-14-9-11(17)6-7-13(14)16-12-5-3-2-4-10(12)8-15(16)18;1-2-4-5-3-1;;;/h2-6,8-9,15H,1H3;1-3H,4H2;2*1H;/q2*-1;;;+4/p-2. The van der Waals surface area contributed by atoms with Crippen LogP contribution < -0.4 is 40.2 Å².